The quantitative estimate of drug-likeness (QED) is 0.448. The average Bonchev–Trinajstić information content (AvgIpc) is 3.15. The molecule has 0 amide bonds. The molecule has 0 radical (unpaired) electrons. The number of carbonyl (C=O) groups is 1. The molecule has 3 heterocycles. The second kappa shape index (κ2) is 9.61. The minimum absolute atomic E-state index is 0.0364. The van der Waals surface area contributed by atoms with Gasteiger partial charge in [-0.15, -0.1) is 0 Å². The maximum atomic E-state index is 13.8. The first kappa shape index (κ1) is 24.4. The Kier molecular flexibility index (Phi) is 6.50. The van der Waals surface area contributed by atoms with E-state index in [1.54, 1.807) is 0 Å². The molecule has 2 fully saturated rings. The van der Waals surface area contributed by atoms with Crippen LogP contribution in [0, 0.1) is 5.82 Å². The molecule has 2 atom stereocenters. The number of pyridine rings is 1. The number of fused-ring (bicyclic) bond motifs is 2. The molecule has 1 aromatic heterocycles. The first-order chi connectivity index (χ1) is 17.3. The van der Waals surface area contributed by atoms with Gasteiger partial charge in [-0.2, -0.15) is 4.31 Å². The molecule has 36 heavy (non-hydrogen) atoms. The van der Waals surface area contributed by atoms with Crippen LogP contribution in [0.3, 0.4) is 0 Å². The van der Waals surface area contributed by atoms with Gasteiger partial charge >= 0.3 is 5.97 Å². The number of carbonyl (C=O) groups excluding carboxylic acids is 1. The van der Waals surface area contributed by atoms with Crippen molar-refractivity contribution < 1.29 is 27.1 Å². The lowest BCUT2D eigenvalue weighted by molar-refractivity contribution is -0.154. The normalized spacial score (nSPS) is 22.3. The van der Waals surface area contributed by atoms with Crippen molar-refractivity contribution in [3.05, 3.63) is 84.3 Å². The van der Waals surface area contributed by atoms with E-state index in [-0.39, 0.29) is 23.4 Å². The lowest BCUT2D eigenvalue weighted by atomic mass is 9.96. The average molecular weight is 512 g/mol. The molecule has 2 unspecified atom stereocenters. The van der Waals surface area contributed by atoms with Crippen LogP contribution in [0.4, 0.5) is 4.39 Å². The fourth-order valence-electron chi connectivity index (χ4n) is 5.18. The van der Waals surface area contributed by atoms with Gasteiger partial charge in [0.25, 0.3) is 0 Å². The standard InChI is InChI=1S/C26H26FN3O5S/c1-34-25(31)26-14-13-21(17-29(18-26)16-19-5-3-2-4-6-19)30(26)36(32,33)23-11-12-24(28-15-23)35-22-9-7-20(27)8-10-22/h2-12,15,21H,13-14,16-18H2,1H3. The Morgan fingerprint density at radius 1 is 1.11 bits per heavy atom. The van der Waals surface area contributed by atoms with Crippen molar-refractivity contribution in [3.63, 3.8) is 0 Å². The first-order valence-electron chi connectivity index (χ1n) is 11.6. The van der Waals surface area contributed by atoms with Crippen LogP contribution in [0.15, 0.2) is 77.8 Å². The molecule has 5 rings (SSSR count). The molecule has 0 saturated carbocycles. The van der Waals surface area contributed by atoms with Gasteiger partial charge in [0.05, 0.1) is 13.3 Å². The number of sulfonamides is 1. The number of hydrogen-bond acceptors (Lipinski definition) is 7. The van der Waals surface area contributed by atoms with E-state index in [2.05, 4.69) is 9.88 Å². The third kappa shape index (κ3) is 4.47. The van der Waals surface area contributed by atoms with E-state index in [0.29, 0.717) is 31.7 Å². The van der Waals surface area contributed by atoms with E-state index in [4.69, 9.17) is 9.47 Å². The summed E-state index contributed by atoms with van der Waals surface area (Å²) in [6.45, 7) is 1.36. The molecule has 0 spiro atoms. The molecule has 3 aromatic rings. The summed E-state index contributed by atoms with van der Waals surface area (Å²) < 4.78 is 52.8. The van der Waals surface area contributed by atoms with E-state index < -0.39 is 27.3 Å². The molecule has 2 aliphatic heterocycles. The van der Waals surface area contributed by atoms with Crippen molar-refractivity contribution in [3.8, 4) is 11.6 Å². The van der Waals surface area contributed by atoms with Gasteiger partial charge in [-0.05, 0) is 48.7 Å². The van der Waals surface area contributed by atoms with Crippen LogP contribution in [0.25, 0.3) is 0 Å². The summed E-state index contributed by atoms with van der Waals surface area (Å²) in [7, 11) is -2.78. The van der Waals surface area contributed by atoms with Crippen LogP contribution >= 0.6 is 0 Å². The highest BCUT2D eigenvalue weighted by Crippen LogP contribution is 2.44. The zero-order chi connectivity index (χ0) is 25.3. The van der Waals surface area contributed by atoms with Crippen LogP contribution in [-0.4, -0.2) is 60.4 Å². The summed E-state index contributed by atoms with van der Waals surface area (Å²) in [4.78, 5) is 19.3. The number of halogens is 1. The van der Waals surface area contributed by atoms with Crippen molar-refractivity contribution in [2.24, 2.45) is 0 Å². The third-order valence-electron chi connectivity index (χ3n) is 6.72. The Balaban J connectivity index is 1.41. The highest BCUT2D eigenvalue weighted by Gasteiger charge is 2.61. The Bertz CT molecular complexity index is 1340. The van der Waals surface area contributed by atoms with Crippen LogP contribution in [0.5, 0.6) is 11.6 Å². The molecule has 0 N–H and O–H groups in total. The van der Waals surface area contributed by atoms with E-state index in [9.17, 15) is 17.6 Å². The van der Waals surface area contributed by atoms with Gasteiger partial charge in [0.15, 0.2) is 0 Å². The molecule has 2 saturated heterocycles. The second-order valence-corrected chi connectivity index (χ2v) is 10.9. The smallest absolute Gasteiger partial charge is 0.328 e. The SMILES string of the molecule is COC(=O)C12CCC(CN(Cc3ccccc3)C1)N2S(=O)(=O)c1ccc(Oc2ccc(F)cc2)nc1. The number of methoxy groups -OCH3 is 1. The summed E-state index contributed by atoms with van der Waals surface area (Å²) in [6.07, 6.45) is 2.15. The van der Waals surface area contributed by atoms with Gasteiger partial charge in [0.2, 0.25) is 15.9 Å². The Morgan fingerprint density at radius 3 is 2.53 bits per heavy atom. The van der Waals surface area contributed by atoms with Crippen LogP contribution < -0.4 is 4.74 Å². The highest BCUT2D eigenvalue weighted by molar-refractivity contribution is 7.89. The topological polar surface area (TPSA) is 89.0 Å². The summed E-state index contributed by atoms with van der Waals surface area (Å²) in [5.41, 5.74) is -0.219. The summed E-state index contributed by atoms with van der Waals surface area (Å²) in [6, 6.07) is 17.8. The zero-order valence-electron chi connectivity index (χ0n) is 19.7. The predicted octanol–water partition coefficient (Wildman–Crippen LogP) is 3.59. The van der Waals surface area contributed by atoms with Crippen LogP contribution in [0.2, 0.25) is 0 Å². The van der Waals surface area contributed by atoms with Gasteiger partial charge in [0.1, 0.15) is 22.0 Å². The molecule has 2 aromatic carbocycles. The fraction of sp³-hybridized carbons (Fsp3) is 0.308. The number of nitrogens with zero attached hydrogens (tertiary/aromatic N) is 3. The number of benzene rings is 2. The van der Waals surface area contributed by atoms with Gasteiger partial charge in [-0.1, -0.05) is 30.3 Å². The van der Waals surface area contributed by atoms with Crippen molar-refractivity contribution >= 4 is 16.0 Å². The number of piperazine rings is 1. The largest absolute Gasteiger partial charge is 0.468 e. The number of ether oxygens (including phenoxy) is 2. The molecule has 2 bridgehead atoms. The Hall–Kier alpha value is -3.34. The minimum atomic E-state index is -4.06. The summed E-state index contributed by atoms with van der Waals surface area (Å²) in [5, 5.41) is 0. The predicted molar refractivity (Wildman–Crippen MR) is 129 cm³/mol. The maximum Gasteiger partial charge on any atom is 0.328 e. The molecule has 0 aliphatic carbocycles. The lowest BCUT2D eigenvalue weighted by Gasteiger charge is -2.46. The lowest BCUT2D eigenvalue weighted by Crippen LogP contribution is -2.66. The second-order valence-electron chi connectivity index (χ2n) is 9.06. The number of rotatable bonds is 7. The number of esters is 1. The number of aromatic nitrogens is 1. The Morgan fingerprint density at radius 2 is 1.86 bits per heavy atom. The van der Waals surface area contributed by atoms with E-state index in [0.717, 1.165) is 5.56 Å². The van der Waals surface area contributed by atoms with Gasteiger partial charge in [-0.25, -0.2) is 22.6 Å². The van der Waals surface area contributed by atoms with E-state index in [1.165, 1.54) is 54.0 Å². The minimum Gasteiger partial charge on any atom is -0.468 e. The van der Waals surface area contributed by atoms with Crippen molar-refractivity contribution in [2.75, 3.05) is 20.2 Å². The molecule has 10 heteroatoms. The summed E-state index contributed by atoms with van der Waals surface area (Å²) >= 11 is 0. The van der Waals surface area contributed by atoms with E-state index >= 15 is 0 Å². The van der Waals surface area contributed by atoms with Crippen molar-refractivity contribution in [1.82, 2.24) is 14.2 Å². The monoisotopic (exact) mass is 511 g/mol. The molecular formula is C26H26FN3O5S. The Labute approximate surface area is 209 Å². The highest BCUT2D eigenvalue weighted by atomic mass is 32.2. The number of hydrogen-bond donors (Lipinski definition) is 0. The van der Waals surface area contributed by atoms with Gasteiger partial charge in [0, 0.05) is 31.7 Å². The maximum absolute atomic E-state index is 13.8. The molecule has 2 aliphatic rings. The number of likely N-dealkylation sites (tertiary alicyclic amines) is 1. The fourth-order valence-corrected chi connectivity index (χ4v) is 7.08. The molecule has 188 valence electrons. The summed E-state index contributed by atoms with van der Waals surface area (Å²) in [5.74, 6) is -0.416. The molecular weight excluding hydrogens is 485 g/mol. The first-order valence-corrected chi connectivity index (χ1v) is 13.0. The third-order valence-corrected chi connectivity index (χ3v) is 8.72. The molecule has 8 nitrogen and oxygen atoms in total. The van der Waals surface area contributed by atoms with Crippen molar-refractivity contribution in [1.29, 1.82) is 0 Å². The van der Waals surface area contributed by atoms with E-state index in [1.807, 2.05) is 30.3 Å². The van der Waals surface area contributed by atoms with Crippen molar-refractivity contribution in [2.45, 2.75) is 35.9 Å². The van der Waals surface area contributed by atoms with Gasteiger partial charge < -0.3 is 9.47 Å². The zero-order valence-corrected chi connectivity index (χ0v) is 20.5. The van der Waals surface area contributed by atoms with Crippen LogP contribution in [0.1, 0.15) is 18.4 Å². The van der Waals surface area contributed by atoms with Gasteiger partial charge in [-0.3, -0.25) is 4.90 Å². The van der Waals surface area contributed by atoms with Crippen LogP contribution in [-0.2, 0) is 26.1 Å².